The van der Waals surface area contributed by atoms with Crippen LogP contribution in [0.2, 0.25) is 10.0 Å². The molecule has 3 aliphatic rings. The van der Waals surface area contributed by atoms with Crippen molar-refractivity contribution < 1.29 is 28.4 Å². The van der Waals surface area contributed by atoms with Crippen molar-refractivity contribution in [2.75, 3.05) is 30.4 Å². The van der Waals surface area contributed by atoms with E-state index in [1.54, 1.807) is 31.2 Å². The first-order chi connectivity index (χ1) is 20.5. The Labute approximate surface area is 262 Å². The minimum Gasteiger partial charge on any atom is -0.465 e. The third-order valence-corrected chi connectivity index (χ3v) is 9.38. The maximum Gasteiger partial charge on any atom is 0.338 e. The zero-order valence-electron chi connectivity index (χ0n) is 23.2. The molecule has 1 N–H and O–H groups in total. The van der Waals surface area contributed by atoms with Crippen molar-refractivity contribution in [1.29, 1.82) is 0 Å². The van der Waals surface area contributed by atoms with Crippen LogP contribution in [-0.4, -0.2) is 53.8 Å². The number of fused-ring (bicyclic) bond motifs is 3. The van der Waals surface area contributed by atoms with E-state index in [1.165, 1.54) is 30.2 Å². The lowest BCUT2D eigenvalue weighted by molar-refractivity contribution is -0.384. The van der Waals surface area contributed by atoms with Crippen LogP contribution in [-0.2, 0) is 19.9 Å². The molecule has 230 valence electrons. The lowest BCUT2D eigenvalue weighted by Gasteiger charge is -2.40. The summed E-state index contributed by atoms with van der Waals surface area (Å²) in [6.45, 7) is 3.69. The second-order valence-electron chi connectivity index (χ2n) is 10.8. The zero-order chi connectivity index (χ0) is 31.0. The summed E-state index contributed by atoms with van der Waals surface area (Å²) in [6.07, 6.45) is 0. The smallest absolute Gasteiger partial charge is 0.338 e. The molecule has 44 heavy (non-hydrogen) atoms. The number of nitrogens with one attached hydrogen (secondary N) is 1. The fraction of sp³-hybridized carbons (Fsp3) is 0.323. The summed E-state index contributed by atoms with van der Waals surface area (Å²) in [4.78, 5) is 55.6. The van der Waals surface area contributed by atoms with E-state index >= 15 is 4.39 Å². The summed E-state index contributed by atoms with van der Waals surface area (Å²) >= 11 is 12.5. The molecule has 2 amide bonds. The van der Waals surface area contributed by atoms with Crippen molar-refractivity contribution in [3.05, 3.63) is 96.8 Å². The van der Waals surface area contributed by atoms with Gasteiger partial charge in [0.15, 0.2) is 0 Å². The summed E-state index contributed by atoms with van der Waals surface area (Å²) in [5, 5.41) is 15.3. The highest BCUT2D eigenvalue weighted by atomic mass is 35.5. The number of esters is 1. The third kappa shape index (κ3) is 4.21. The number of anilines is 2. The fourth-order valence-corrected chi connectivity index (χ4v) is 7.59. The Kier molecular flexibility index (Phi) is 7.94. The predicted molar refractivity (Wildman–Crippen MR) is 164 cm³/mol. The van der Waals surface area contributed by atoms with Gasteiger partial charge < -0.3 is 15.0 Å². The number of carbonyl (C=O) groups excluding carboxylic acids is 3. The Morgan fingerprint density at radius 2 is 1.93 bits per heavy atom. The highest BCUT2D eigenvalue weighted by Gasteiger charge is 2.71. The lowest BCUT2D eigenvalue weighted by atomic mass is 9.71. The molecule has 3 aromatic carbocycles. The standard InChI is InChI=1S/C30H25Cl2FN4O6.CH4/c1-4-36-23-13-35(21-10-14(2)17(28(39)43-3)12-22(21)37(41)42)27(38)24(23)25(16-6-5-7-19(32)26(16)33)30(36)18-9-8-15(31)11-20(18)34-29(30)40;/h5-12,23-25H,4,13H2,1-3H3,(H,34,40);1H4/t23-,24+,25-,30+;/m0./s1. The van der Waals surface area contributed by atoms with E-state index < -0.39 is 57.6 Å². The average molecular weight is 643 g/mol. The van der Waals surface area contributed by atoms with E-state index in [0.717, 1.165) is 6.07 Å². The van der Waals surface area contributed by atoms with E-state index in [2.05, 4.69) is 5.32 Å². The molecular formula is C31H29Cl2FN4O6. The molecule has 0 radical (unpaired) electrons. The molecular weight excluding hydrogens is 614 g/mol. The van der Waals surface area contributed by atoms with E-state index in [9.17, 15) is 24.5 Å². The van der Waals surface area contributed by atoms with Crippen molar-refractivity contribution in [3.63, 3.8) is 0 Å². The monoisotopic (exact) mass is 642 g/mol. The van der Waals surface area contributed by atoms with Gasteiger partial charge in [-0.1, -0.05) is 55.8 Å². The van der Waals surface area contributed by atoms with Gasteiger partial charge in [-0.3, -0.25) is 24.6 Å². The number of nitrogens with zero attached hydrogens (tertiary/aromatic N) is 3. The number of ether oxygens (including phenoxy) is 1. The van der Waals surface area contributed by atoms with Crippen LogP contribution >= 0.6 is 23.2 Å². The number of likely N-dealkylation sites (N-methyl/N-ethyl adjacent to an activating group) is 1. The molecule has 0 saturated carbocycles. The molecule has 3 aromatic rings. The van der Waals surface area contributed by atoms with Crippen LogP contribution in [0.1, 0.15) is 47.3 Å². The lowest BCUT2D eigenvalue weighted by Crippen LogP contribution is -2.53. The molecule has 13 heteroatoms. The average Bonchev–Trinajstić information content (AvgIpc) is 3.55. The first kappa shape index (κ1) is 31.4. The van der Waals surface area contributed by atoms with Crippen LogP contribution in [0.25, 0.3) is 0 Å². The van der Waals surface area contributed by atoms with Gasteiger partial charge >= 0.3 is 5.97 Å². The Morgan fingerprint density at radius 1 is 1.20 bits per heavy atom. The Morgan fingerprint density at radius 3 is 2.59 bits per heavy atom. The number of likely N-dealkylation sites (tertiary alicyclic amines) is 1. The van der Waals surface area contributed by atoms with Gasteiger partial charge in [-0.25, -0.2) is 9.18 Å². The van der Waals surface area contributed by atoms with Gasteiger partial charge in [0.05, 0.1) is 28.5 Å². The number of aryl methyl sites for hydroxylation is 1. The molecule has 0 bridgehead atoms. The van der Waals surface area contributed by atoms with Crippen molar-refractivity contribution >= 4 is 58.0 Å². The molecule has 0 aliphatic carbocycles. The van der Waals surface area contributed by atoms with Crippen LogP contribution in [0.4, 0.5) is 21.5 Å². The van der Waals surface area contributed by atoms with E-state index in [4.69, 9.17) is 27.9 Å². The number of halogens is 3. The second-order valence-corrected chi connectivity index (χ2v) is 11.6. The number of carbonyl (C=O) groups is 3. The highest BCUT2D eigenvalue weighted by Crippen LogP contribution is 2.62. The second kappa shape index (κ2) is 11.1. The Balaban J connectivity index is 0.00000384. The van der Waals surface area contributed by atoms with Crippen molar-refractivity contribution in [3.8, 4) is 0 Å². The van der Waals surface area contributed by atoms with Gasteiger partial charge in [-0.15, -0.1) is 0 Å². The quantitative estimate of drug-likeness (QED) is 0.204. The van der Waals surface area contributed by atoms with Crippen LogP contribution in [0.3, 0.4) is 0 Å². The van der Waals surface area contributed by atoms with Gasteiger partial charge in [0.1, 0.15) is 17.0 Å². The van der Waals surface area contributed by atoms with E-state index in [1.807, 2.05) is 11.8 Å². The summed E-state index contributed by atoms with van der Waals surface area (Å²) in [5.41, 5.74) is -0.500. The first-order valence-electron chi connectivity index (χ1n) is 13.5. The van der Waals surface area contributed by atoms with E-state index in [0.29, 0.717) is 28.4 Å². The maximum absolute atomic E-state index is 15.9. The highest BCUT2D eigenvalue weighted by molar-refractivity contribution is 6.31. The van der Waals surface area contributed by atoms with Gasteiger partial charge in [-0.05, 0) is 48.9 Å². The molecule has 2 fully saturated rings. The van der Waals surface area contributed by atoms with Gasteiger partial charge in [0.25, 0.3) is 5.69 Å². The Hall–Kier alpha value is -4.06. The van der Waals surface area contributed by atoms with Gasteiger partial charge in [-0.2, -0.15) is 0 Å². The van der Waals surface area contributed by atoms with Gasteiger partial charge in [0, 0.05) is 40.8 Å². The zero-order valence-corrected chi connectivity index (χ0v) is 24.7. The molecule has 0 unspecified atom stereocenters. The predicted octanol–water partition coefficient (Wildman–Crippen LogP) is 6.07. The summed E-state index contributed by atoms with van der Waals surface area (Å²) < 4.78 is 20.7. The maximum atomic E-state index is 15.9. The topological polar surface area (TPSA) is 122 Å². The van der Waals surface area contributed by atoms with Crippen LogP contribution in [0.15, 0.2) is 48.5 Å². The first-order valence-corrected chi connectivity index (χ1v) is 14.2. The summed E-state index contributed by atoms with van der Waals surface area (Å²) in [7, 11) is 1.17. The number of benzene rings is 3. The SMILES string of the molecule is C.CCN1[C@H]2CN(c3cc(C)c(C(=O)OC)cc3[N+](=O)[O-])C(=O)[C@H]2[C@H](c2cccc(Cl)c2F)[C@]12C(=O)Nc1cc(Cl)ccc12. The number of hydrogen-bond donors (Lipinski definition) is 1. The van der Waals surface area contributed by atoms with Crippen molar-refractivity contribution in [1.82, 2.24) is 4.90 Å². The molecule has 4 atom stereocenters. The van der Waals surface area contributed by atoms with E-state index in [-0.39, 0.29) is 35.8 Å². The number of nitro benzene ring substituents is 1. The summed E-state index contributed by atoms with van der Waals surface area (Å²) in [5.74, 6) is -4.50. The van der Waals surface area contributed by atoms with Crippen molar-refractivity contribution in [2.24, 2.45) is 5.92 Å². The number of nitro groups is 1. The number of methoxy groups -OCH3 is 1. The third-order valence-electron chi connectivity index (χ3n) is 8.86. The fourth-order valence-electron chi connectivity index (χ4n) is 7.23. The van der Waals surface area contributed by atoms with Gasteiger partial charge in [0.2, 0.25) is 11.8 Å². The largest absolute Gasteiger partial charge is 0.465 e. The van der Waals surface area contributed by atoms with Crippen LogP contribution < -0.4 is 10.2 Å². The molecule has 10 nitrogen and oxygen atoms in total. The number of hydrogen-bond acceptors (Lipinski definition) is 7. The molecule has 0 aromatic heterocycles. The van der Waals surface area contributed by atoms with Crippen molar-refractivity contribution in [2.45, 2.75) is 38.8 Å². The summed E-state index contributed by atoms with van der Waals surface area (Å²) in [6, 6.07) is 11.3. The molecule has 3 heterocycles. The van der Waals surface area contributed by atoms with Crippen LogP contribution in [0.5, 0.6) is 0 Å². The number of rotatable bonds is 5. The minimum absolute atomic E-state index is 0. The molecule has 6 rings (SSSR count). The molecule has 3 aliphatic heterocycles. The molecule has 1 spiro atoms. The molecule has 2 saturated heterocycles. The Bertz CT molecular complexity index is 1750. The number of amides is 2. The normalized spacial score (nSPS) is 23.8. The minimum atomic E-state index is -1.49. The van der Waals surface area contributed by atoms with Crippen LogP contribution in [0, 0.1) is 28.8 Å².